The Bertz CT molecular complexity index is 924. The largest absolute Gasteiger partial charge is 0.465 e. The van der Waals surface area contributed by atoms with Crippen LogP contribution in [-0.4, -0.2) is 33.3 Å². The van der Waals surface area contributed by atoms with E-state index in [1.807, 2.05) is 48.5 Å². The van der Waals surface area contributed by atoms with E-state index in [2.05, 4.69) is 15.0 Å². The van der Waals surface area contributed by atoms with E-state index in [-0.39, 0.29) is 11.7 Å². The molecule has 0 spiro atoms. The van der Waals surface area contributed by atoms with E-state index in [4.69, 9.17) is 16.3 Å². The Morgan fingerprint density at radius 2 is 1.93 bits per heavy atom. The minimum atomic E-state index is -0.261. The average Bonchev–Trinajstić information content (AvgIpc) is 2.73. The fourth-order valence-corrected chi connectivity index (χ4v) is 3.89. The number of benzene rings is 1. The third-order valence-electron chi connectivity index (χ3n) is 3.49. The van der Waals surface area contributed by atoms with Crippen LogP contribution in [0.25, 0.3) is 11.5 Å². The summed E-state index contributed by atoms with van der Waals surface area (Å²) >= 11 is 8.94. The number of pyridine rings is 1. The van der Waals surface area contributed by atoms with Crippen LogP contribution < -0.4 is 0 Å². The van der Waals surface area contributed by atoms with Gasteiger partial charge in [0.15, 0.2) is 5.82 Å². The van der Waals surface area contributed by atoms with E-state index in [0.717, 1.165) is 15.6 Å². The smallest absolute Gasteiger partial charge is 0.316 e. The molecule has 28 heavy (non-hydrogen) atoms. The molecule has 2 aromatic heterocycles. The van der Waals surface area contributed by atoms with E-state index in [1.165, 1.54) is 11.8 Å². The van der Waals surface area contributed by atoms with Crippen molar-refractivity contribution in [2.75, 3.05) is 12.4 Å². The van der Waals surface area contributed by atoms with Crippen molar-refractivity contribution < 1.29 is 9.53 Å². The standard InChI is InChI=1S/C20H18ClN3O2S2/c1-2-26-19(25)13-28-18-11-15(12-27-16-8-6-14(21)7-9-16)23-20(24-18)17-5-3-4-10-22-17/h3-11H,2,12-13H2,1H3. The molecule has 0 radical (unpaired) electrons. The molecule has 5 nitrogen and oxygen atoms in total. The minimum Gasteiger partial charge on any atom is -0.465 e. The van der Waals surface area contributed by atoms with Gasteiger partial charge in [0.05, 0.1) is 18.1 Å². The van der Waals surface area contributed by atoms with Crippen LogP contribution in [0.5, 0.6) is 0 Å². The molecular formula is C20H18ClN3O2S2. The first kappa shape index (κ1) is 20.6. The third-order valence-corrected chi connectivity index (χ3v) is 5.68. The van der Waals surface area contributed by atoms with Crippen LogP contribution >= 0.6 is 35.1 Å². The van der Waals surface area contributed by atoms with E-state index < -0.39 is 0 Å². The van der Waals surface area contributed by atoms with Crippen molar-refractivity contribution in [3.05, 3.63) is 65.4 Å². The van der Waals surface area contributed by atoms with Crippen LogP contribution in [0.1, 0.15) is 12.6 Å². The maximum absolute atomic E-state index is 11.7. The Balaban J connectivity index is 1.79. The molecule has 0 unspecified atom stereocenters. The monoisotopic (exact) mass is 431 g/mol. The summed E-state index contributed by atoms with van der Waals surface area (Å²) in [6.45, 7) is 2.16. The van der Waals surface area contributed by atoms with Crippen LogP contribution in [0.3, 0.4) is 0 Å². The maximum Gasteiger partial charge on any atom is 0.316 e. The molecule has 0 amide bonds. The van der Waals surface area contributed by atoms with Gasteiger partial charge in [0.1, 0.15) is 10.7 Å². The molecule has 0 saturated carbocycles. The lowest BCUT2D eigenvalue weighted by atomic mass is 10.3. The molecule has 8 heteroatoms. The Morgan fingerprint density at radius 1 is 1.11 bits per heavy atom. The van der Waals surface area contributed by atoms with Crippen molar-refractivity contribution in [3.8, 4) is 11.5 Å². The van der Waals surface area contributed by atoms with Crippen molar-refractivity contribution in [2.24, 2.45) is 0 Å². The quantitative estimate of drug-likeness (QED) is 0.278. The van der Waals surface area contributed by atoms with Gasteiger partial charge in [-0.05, 0) is 49.4 Å². The number of ether oxygens (including phenoxy) is 1. The zero-order valence-electron chi connectivity index (χ0n) is 15.2. The predicted octanol–water partition coefficient (Wildman–Crippen LogP) is 5.14. The lowest BCUT2D eigenvalue weighted by Crippen LogP contribution is -2.07. The molecule has 144 valence electrons. The van der Waals surface area contributed by atoms with Gasteiger partial charge in [-0.15, -0.1) is 11.8 Å². The normalized spacial score (nSPS) is 10.6. The predicted molar refractivity (Wildman–Crippen MR) is 114 cm³/mol. The van der Waals surface area contributed by atoms with Crippen LogP contribution in [0.15, 0.2) is 64.6 Å². The van der Waals surface area contributed by atoms with Crippen molar-refractivity contribution in [1.82, 2.24) is 15.0 Å². The highest BCUT2D eigenvalue weighted by Crippen LogP contribution is 2.27. The molecule has 0 saturated heterocycles. The van der Waals surface area contributed by atoms with E-state index in [0.29, 0.717) is 28.9 Å². The highest BCUT2D eigenvalue weighted by atomic mass is 35.5. The highest BCUT2D eigenvalue weighted by molar-refractivity contribution is 8.00. The second-order valence-corrected chi connectivity index (χ2v) is 8.05. The van der Waals surface area contributed by atoms with Crippen LogP contribution in [0.2, 0.25) is 5.02 Å². The molecule has 0 N–H and O–H groups in total. The molecule has 2 heterocycles. The van der Waals surface area contributed by atoms with E-state index in [1.54, 1.807) is 24.9 Å². The first-order chi connectivity index (χ1) is 13.6. The van der Waals surface area contributed by atoms with Crippen molar-refractivity contribution >= 4 is 41.1 Å². The molecule has 3 rings (SSSR count). The average molecular weight is 432 g/mol. The van der Waals surface area contributed by atoms with Gasteiger partial charge in [-0.2, -0.15) is 0 Å². The van der Waals surface area contributed by atoms with Gasteiger partial charge in [0.25, 0.3) is 0 Å². The molecule has 0 aliphatic carbocycles. The van der Waals surface area contributed by atoms with Gasteiger partial charge in [-0.3, -0.25) is 9.78 Å². The number of rotatable bonds is 8. The molecule has 0 fully saturated rings. The van der Waals surface area contributed by atoms with Crippen molar-refractivity contribution in [2.45, 2.75) is 22.6 Å². The summed E-state index contributed by atoms with van der Waals surface area (Å²) in [4.78, 5) is 26.3. The third kappa shape index (κ3) is 6.22. The van der Waals surface area contributed by atoms with Gasteiger partial charge in [-0.1, -0.05) is 29.4 Å². The second-order valence-electron chi connectivity index (χ2n) is 5.57. The molecular weight excluding hydrogens is 414 g/mol. The summed E-state index contributed by atoms with van der Waals surface area (Å²) < 4.78 is 4.99. The van der Waals surface area contributed by atoms with Gasteiger partial charge >= 0.3 is 5.97 Å². The van der Waals surface area contributed by atoms with Crippen molar-refractivity contribution in [1.29, 1.82) is 0 Å². The molecule has 1 aromatic carbocycles. The summed E-state index contributed by atoms with van der Waals surface area (Å²) in [5, 5.41) is 1.43. The first-order valence-electron chi connectivity index (χ1n) is 8.60. The fourth-order valence-electron chi connectivity index (χ4n) is 2.25. The van der Waals surface area contributed by atoms with Crippen LogP contribution in [0.4, 0.5) is 0 Å². The number of hydrogen-bond acceptors (Lipinski definition) is 7. The summed E-state index contributed by atoms with van der Waals surface area (Å²) in [7, 11) is 0. The number of hydrogen-bond donors (Lipinski definition) is 0. The Hall–Kier alpha value is -2.09. The minimum absolute atomic E-state index is 0.205. The first-order valence-corrected chi connectivity index (χ1v) is 10.9. The number of thioether (sulfide) groups is 2. The number of carbonyl (C=O) groups is 1. The van der Waals surface area contributed by atoms with Gasteiger partial charge in [-0.25, -0.2) is 9.97 Å². The Labute approximate surface area is 177 Å². The zero-order chi connectivity index (χ0) is 19.8. The number of nitrogens with zero attached hydrogens (tertiary/aromatic N) is 3. The van der Waals surface area contributed by atoms with Gasteiger partial charge < -0.3 is 4.74 Å². The Kier molecular flexibility index (Phi) is 7.71. The molecule has 0 bridgehead atoms. The number of carbonyl (C=O) groups excluding carboxylic acids is 1. The number of esters is 1. The van der Waals surface area contributed by atoms with Gasteiger partial charge in [0, 0.05) is 21.9 Å². The topological polar surface area (TPSA) is 65.0 Å². The zero-order valence-corrected chi connectivity index (χ0v) is 17.6. The van der Waals surface area contributed by atoms with Crippen LogP contribution in [-0.2, 0) is 15.3 Å². The molecule has 3 aromatic rings. The van der Waals surface area contributed by atoms with Crippen LogP contribution in [0, 0.1) is 0 Å². The fraction of sp³-hybridized carbons (Fsp3) is 0.200. The summed E-state index contributed by atoms with van der Waals surface area (Å²) in [5.41, 5.74) is 1.56. The molecule has 0 atom stereocenters. The maximum atomic E-state index is 11.7. The van der Waals surface area contributed by atoms with Crippen molar-refractivity contribution in [3.63, 3.8) is 0 Å². The van der Waals surface area contributed by atoms with E-state index in [9.17, 15) is 4.79 Å². The lowest BCUT2D eigenvalue weighted by molar-refractivity contribution is -0.139. The molecule has 0 aliphatic rings. The van der Waals surface area contributed by atoms with E-state index >= 15 is 0 Å². The Morgan fingerprint density at radius 3 is 2.64 bits per heavy atom. The number of aromatic nitrogens is 3. The molecule has 0 aliphatic heterocycles. The highest BCUT2D eigenvalue weighted by Gasteiger charge is 2.11. The SMILES string of the molecule is CCOC(=O)CSc1cc(CSc2ccc(Cl)cc2)nc(-c2ccccn2)n1. The number of halogens is 1. The summed E-state index contributed by atoms with van der Waals surface area (Å²) in [6.07, 6.45) is 1.71. The van der Waals surface area contributed by atoms with Gasteiger partial charge in [0.2, 0.25) is 0 Å². The summed E-state index contributed by atoms with van der Waals surface area (Å²) in [6, 6.07) is 15.2. The lowest BCUT2D eigenvalue weighted by Gasteiger charge is -2.08. The summed E-state index contributed by atoms with van der Waals surface area (Å²) in [5.74, 6) is 1.15. The second kappa shape index (κ2) is 10.5.